The minimum atomic E-state index is -0.569. The molecule has 1 rings (SSSR count). The Kier molecular flexibility index (Phi) is 3.13. The molecule has 0 aromatic carbocycles. The van der Waals surface area contributed by atoms with Crippen molar-refractivity contribution in [2.45, 2.75) is 38.7 Å². The van der Waals surface area contributed by atoms with Gasteiger partial charge in [-0.15, -0.1) is 11.6 Å². The van der Waals surface area contributed by atoms with Crippen LogP contribution in [0.2, 0.25) is 0 Å². The van der Waals surface area contributed by atoms with Gasteiger partial charge in [-0.05, 0) is 19.3 Å². The topological polar surface area (TPSA) is 37.3 Å². The molecule has 1 fully saturated rings. The van der Waals surface area contributed by atoms with E-state index in [1.54, 1.807) is 0 Å². The second kappa shape index (κ2) is 3.75. The van der Waals surface area contributed by atoms with Crippen LogP contribution in [0.1, 0.15) is 32.6 Å². The Morgan fingerprint density at radius 3 is 2.92 bits per heavy atom. The van der Waals surface area contributed by atoms with Gasteiger partial charge in [0.25, 0.3) is 0 Å². The van der Waals surface area contributed by atoms with Crippen LogP contribution >= 0.6 is 11.6 Å². The highest BCUT2D eigenvalue weighted by Crippen LogP contribution is 2.36. The zero-order valence-electron chi connectivity index (χ0n) is 7.35. The van der Waals surface area contributed by atoms with Gasteiger partial charge >= 0.3 is 0 Å². The number of alkyl halides is 1. The van der Waals surface area contributed by atoms with Crippen LogP contribution in [0.5, 0.6) is 0 Å². The summed E-state index contributed by atoms with van der Waals surface area (Å²) in [5.41, 5.74) is -0.569. The van der Waals surface area contributed by atoms with Crippen LogP contribution in [0.3, 0.4) is 0 Å². The molecule has 1 saturated carbocycles. The zero-order chi connectivity index (χ0) is 9.19. The fraction of sp³-hybridized carbons (Fsp3) is 0.889. The lowest BCUT2D eigenvalue weighted by atomic mass is 9.70. The Morgan fingerprint density at radius 1 is 1.75 bits per heavy atom. The van der Waals surface area contributed by atoms with Gasteiger partial charge in [0.05, 0.1) is 11.5 Å². The summed E-state index contributed by atoms with van der Waals surface area (Å²) in [7, 11) is 0. The van der Waals surface area contributed by atoms with Crippen molar-refractivity contribution in [1.29, 1.82) is 0 Å². The molecule has 0 radical (unpaired) electrons. The first kappa shape index (κ1) is 10.0. The molecule has 70 valence electrons. The van der Waals surface area contributed by atoms with Crippen molar-refractivity contribution in [1.82, 2.24) is 0 Å². The van der Waals surface area contributed by atoms with Gasteiger partial charge in [-0.3, -0.25) is 4.79 Å². The molecule has 0 bridgehead atoms. The predicted molar refractivity (Wildman–Crippen MR) is 48.3 cm³/mol. The molecule has 2 unspecified atom stereocenters. The van der Waals surface area contributed by atoms with Crippen LogP contribution in [0.15, 0.2) is 0 Å². The summed E-state index contributed by atoms with van der Waals surface area (Å²) in [5.74, 6) is 0.612. The van der Waals surface area contributed by atoms with Crippen LogP contribution < -0.4 is 0 Å². The summed E-state index contributed by atoms with van der Waals surface area (Å²) in [6.45, 7) is 1.82. The molecule has 2 nitrogen and oxygen atoms in total. The number of aliphatic hydroxyl groups excluding tert-OH is 1. The van der Waals surface area contributed by atoms with Crippen molar-refractivity contribution in [2.24, 2.45) is 5.41 Å². The smallest absolute Gasteiger partial charge is 0.141 e. The molecule has 2 atom stereocenters. The molecule has 1 N–H and O–H groups in total. The maximum Gasteiger partial charge on any atom is 0.141 e. The summed E-state index contributed by atoms with van der Waals surface area (Å²) < 4.78 is 0. The first-order chi connectivity index (χ1) is 5.61. The van der Waals surface area contributed by atoms with Gasteiger partial charge in [0.1, 0.15) is 5.78 Å². The van der Waals surface area contributed by atoms with Crippen molar-refractivity contribution in [3.05, 3.63) is 0 Å². The van der Waals surface area contributed by atoms with E-state index in [1.807, 2.05) is 6.92 Å². The van der Waals surface area contributed by atoms with Crippen molar-refractivity contribution in [3.63, 3.8) is 0 Å². The number of Topliss-reactive ketones (excluding diaryl/α,β-unsaturated/α-hetero) is 1. The summed E-state index contributed by atoms with van der Waals surface area (Å²) in [6, 6.07) is 0. The van der Waals surface area contributed by atoms with Gasteiger partial charge < -0.3 is 5.11 Å². The number of halogens is 1. The van der Waals surface area contributed by atoms with E-state index in [0.29, 0.717) is 18.7 Å². The normalized spacial score (nSPS) is 36.9. The molecule has 0 aromatic rings. The van der Waals surface area contributed by atoms with Crippen molar-refractivity contribution >= 4 is 17.4 Å². The van der Waals surface area contributed by atoms with Crippen LogP contribution in [0.4, 0.5) is 0 Å². The van der Waals surface area contributed by atoms with Gasteiger partial charge in [0.2, 0.25) is 0 Å². The Balaban J connectivity index is 2.73. The third-order valence-electron chi connectivity index (χ3n) is 2.87. The van der Waals surface area contributed by atoms with E-state index in [-0.39, 0.29) is 5.78 Å². The molecule has 0 saturated heterocycles. The number of carbonyl (C=O) groups is 1. The Bertz CT molecular complexity index is 181. The van der Waals surface area contributed by atoms with Gasteiger partial charge in [-0.25, -0.2) is 0 Å². The number of aliphatic hydroxyl groups is 1. The SMILES string of the molecule is CC1(CCCl)C(=O)CCCC1O. The quantitative estimate of drug-likeness (QED) is 0.674. The standard InChI is InChI=1S/C9H15ClO2/c1-9(5-6-10)7(11)3-2-4-8(9)12/h7,11H,2-6H2,1H3. The van der Waals surface area contributed by atoms with E-state index < -0.39 is 11.5 Å². The third-order valence-corrected chi connectivity index (χ3v) is 3.06. The van der Waals surface area contributed by atoms with Gasteiger partial charge in [0, 0.05) is 12.3 Å². The van der Waals surface area contributed by atoms with Crippen molar-refractivity contribution in [2.75, 3.05) is 5.88 Å². The first-order valence-electron chi connectivity index (χ1n) is 4.38. The van der Waals surface area contributed by atoms with E-state index >= 15 is 0 Å². The lowest BCUT2D eigenvalue weighted by Gasteiger charge is -2.36. The molecule has 0 spiro atoms. The zero-order valence-corrected chi connectivity index (χ0v) is 8.10. The highest BCUT2D eigenvalue weighted by Gasteiger charge is 2.41. The Morgan fingerprint density at radius 2 is 2.42 bits per heavy atom. The van der Waals surface area contributed by atoms with Crippen LogP contribution in [-0.4, -0.2) is 22.9 Å². The maximum absolute atomic E-state index is 11.5. The summed E-state index contributed by atoms with van der Waals surface area (Å²) in [4.78, 5) is 11.5. The highest BCUT2D eigenvalue weighted by atomic mass is 35.5. The average Bonchev–Trinajstić information content (AvgIpc) is 2.02. The van der Waals surface area contributed by atoms with Gasteiger partial charge in [-0.1, -0.05) is 6.92 Å². The van der Waals surface area contributed by atoms with E-state index in [0.717, 1.165) is 12.8 Å². The lowest BCUT2D eigenvalue weighted by molar-refractivity contribution is -0.138. The van der Waals surface area contributed by atoms with E-state index in [9.17, 15) is 9.90 Å². The lowest BCUT2D eigenvalue weighted by Crippen LogP contribution is -2.43. The second-order valence-corrected chi connectivity index (χ2v) is 4.07. The first-order valence-corrected chi connectivity index (χ1v) is 4.92. The van der Waals surface area contributed by atoms with Crippen LogP contribution in [0.25, 0.3) is 0 Å². The minimum absolute atomic E-state index is 0.168. The molecule has 0 heterocycles. The molecule has 12 heavy (non-hydrogen) atoms. The number of ketones is 1. The molecule has 0 aromatic heterocycles. The van der Waals surface area contributed by atoms with Crippen molar-refractivity contribution in [3.8, 4) is 0 Å². The molecule has 1 aliphatic rings. The molecular formula is C9H15ClO2. The molecule has 0 aliphatic heterocycles. The van der Waals surface area contributed by atoms with Gasteiger partial charge in [-0.2, -0.15) is 0 Å². The summed E-state index contributed by atoms with van der Waals surface area (Å²) in [5, 5.41) is 9.65. The second-order valence-electron chi connectivity index (χ2n) is 3.69. The summed E-state index contributed by atoms with van der Waals surface area (Å²) >= 11 is 5.59. The maximum atomic E-state index is 11.5. The summed E-state index contributed by atoms with van der Waals surface area (Å²) in [6.07, 6.45) is 2.26. The average molecular weight is 191 g/mol. The predicted octanol–water partition coefficient (Wildman–Crippen LogP) is 1.74. The van der Waals surface area contributed by atoms with E-state index in [2.05, 4.69) is 0 Å². The van der Waals surface area contributed by atoms with Gasteiger partial charge in [0.15, 0.2) is 0 Å². The minimum Gasteiger partial charge on any atom is -0.392 e. The fourth-order valence-electron chi connectivity index (χ4n) is 1.75. The molecule has 3 heteroatoms. The monoisotopic (exact) mass is 190 g/mol. The fourth-order valence-corrected chi connectivity index (χ4v) is 2.14. The van der Waals surface area contributed by atoms with Crippen molar-refractivity contribution < 1.29 is 9.90 Å². The molecule has 0 amide bonds. The number of carbonyl (C=O) groups excluding carboxylic acids is 1. The van der Waals surface area contributed by atoms with Crippen LogP contribution in [-0.2, 0) is 4.79 Å². The number of hydrogen-bond acceptors (Lipinski definition) is 2. The largest absolute Gasteiger partial charge is 0.392 e. The Hall–Kier alpha value is -0.0800. The van der Waals surface area contributed by atoms with E-state index in [4.69, 9.17) is 11.6 Å². The number of hydrogen-bond donors (Lipinski definition) is 1. The molecular weight excluding hydrogens is 176 g/mol. The third kappa shape index (κ3) is 1.64. The highest BCUT2D eigenvalue weighted by molar-refractivity contribution is 6.18. The molecule has 1 aliphatic carbocycles. The van der Waals surface area contributed by atoms with E-state index in [1.165, 1.54) is 0 Å². The Labute approximate surface area is 77.9 Å². The number of rotatable bonds is 2. The van der Waals surface area contributed by atoms with Crippen LogP contribution in [0, 0.1) is 5.41 Å².